The molecule has 0 N–H and O–H groups in total. The second kappa shape index (κ2) is 4.87. The van der Waals surface area contributed by atoms with E-state index >= 15 is 0 Å². The Kier molecular flexibility index (Phi) is 3.57. The maximum Gasteiger partial charge on any atom is 0.573 e. The molecule has 3 heterocycles. The van der Waals surface area contributed by atoms with Gasteiger partial charge in [0, 0.05) is 9.55 Å². The highest BCUT2D eigenvalue weighted by molar-refractivity contribution is 7.30. The topological polar surface area (TPSA) is 36.9 Å². The van der Waals surface area contributed by atoms with E-state index in [1.807, 2.05) is 26.0 Å². The molecule has 0 spiro atoms. The van der Waals surface area contributed by atoms with Crippen molar-refractivity contribution >= 4 is 35.1 Å². The Morgan fingerprint density at radius 3 is 1.82 bits per heavy atom. The van der Waals surface area contributed by atoms with E-state index in [0.29, 0.717) is 5.76 Å². The first-order valence-electron chi connectivity index (χ1n) is 7.51. The summed E-state index contributed by atoms with van der Waals surface area (Å²) >= 11 is 1.59. The van der Waals surface area contributed by atoms with Crippen molar-refractivity contribution in [2.45, 2.75) is 58.3 Å². The van der Waals surface area contributed by atoms with Crippen molar-refractivity contribution in [3.05, 3.63) is 24.5 Å². The van der Waals surface area contributed by atoms with Gasteiger partial charge in [-0.25, -0.2) is 0 Å². The molecular weight excluding hydrogens is 298 g/mol. The molecule has 0 aliphatic carbocycles. The molecule has 118 valence electrons. The quantitative estimate of drug-likeness (QED) is 0.782. The molecule has 2 aliphatic rings. The largest absolute Gasteiger partial charge is 0.573 e. The minimum atomic E-state index is -0.459. The highest BCUT2D eigenvalue weighted by Gasteiger charge is 2.52. The lowest BCUT2D eigenvalue weighted by Crippen LogP contribution is -2.41. The zero-order valence-corrected chi connectivity index (χ0v) is 14.9. The van der Waals surface area contributed by atoms with Crippen LogP contribution in [0.5, 0.6) is 0 Å². The second-order valence-corrected chi connectivity index (χ2v) is 8.48. The van der Waals surface area contributed by atoms with Crippen LogP contribution in [-0.2, 0) is 18.6 Å². The van der Waals surface area contributed by atoms with E-state index in [9.17, 15) is 0 Å². The van der Waals surface area contributed by atoms with Crippen molar-refractivity contribution in [2.24, 2.45) is 0 Å². The van der Waals surface area contributed by atoms with Gasteiger partial charge in [0.1, 0.15) is 5.60 Å². The van der Waals surface area contributed by atoms with Crippen molar-refractivity contribution in [3.8, 4) is 0 Å². The zero-order chi connectivity index (χ0) is 16.3. The Hall–Kier alpha value is -0.750. The molecule has 0 unspecified atom stereocenters. The van der Waals surface area contributed by atoms with Crippen LogP contribution >= 0.6 is 11.3 Å². The number of hydrogen-bond donors (Lipinski definition) is 0. The normalized spacial score (nSPS) is 25.6. The zero-order valence-electron chi connectivity index (χ0n) is 14.1. The molecule has 4 nitrogen and oxygen atoms in total. The monoisotopic (exact) mass is 320 g/mol. The van der Waals surface area contributed by atoms with Gasteiger partial charge in [0.15, 0.2) is 0 Å². The average molecular weight is 320 g/mol. The first kappa shape index (κ1) is 16.1. The maximum absolute atomic E-state index is 6.08. The van der Waals surface area contributed by atoms with Gasteiger partial charge in [-0.2, -0.15) is 11.3 Å². The summed E-state index contributed by atoms with van der Waals surface area (Å²) in [5.74, 6) is 0.656. The van der Waals surface area contributed by atoms with Crippen LogP contribution in [0, 0.1) is 0 Å². The molecule has 22 heavy (non-hydrogen) atoms. The fourth-order valence-electron chi connectivity index (χ4n) is 2.33. The van der Waals surface area contributed by atoms with Gasteiger partial charge in [0.25, 0.3) is 0 Å². The van der Waals surface area contributed by atoms with Gasteiger partial charge in [-0.1, -0.05) is 18.7 Å². The highest BCUT2D eigenvalue weighted by atomic mass is 32.1. The Labute approximate surface area is 137 Å². The van der Waals surface area contributed by atoms with Crippen molar-refractivity contribution in [1.29, 1.82) is 0 Å². The maximum atomic E-state index is 6.08. The third kappa shape index (κ3) is 2.54. The molecule has 2 fully saturated rings. The van der Waals surface area contributed by atoms with Crippen molar-refractivity contribution in [2.75, 3.05) is 0 Å². The molecule has 0 atom stereocenters. The Morgan fingerprint density at radius 2 is 1.36 bits per heavy atom. The van der Waals surface area contributed by atoms with Crippen molar-refractivity contribution < 1.29 is 18.6 Å². The van der Waals surface area contributed by atoms with Crippen LogP contribution in [0.15, 0.2) is 24.5 Å². The van der Waals surface area contributed by atoms with E-state index < -0.39 is 12.7 Å². The van der Waals surface area contributed by atoms with E-state index in [2.05, 4.69) is 34.3 Å². The fraction of sp³-hybridized carbons (Fsp3) is 0.600. The SMILES string of the molecule is C=C1OB(c2ccc(B3OC(C)(C)C(C)(C)O3)s2)OC1(C)C. The van der Waals surface area contributed by atoms with E-state index in [-0.39, 0.29) is 18.3 Å². The molecule has 0 radical (unpaired) electrons. The third-order valence-corrected chi connectivity index (χ3v) is 5.82. The molecule has 2 saturated heterocycles. The van der Waals surface area contributed by atoms with Gasteiger partial charge in [0.2, 0.25) is 0 Å². The van der Waals surface area contributed by atoms with E-state index in [1.165, 1.54) is 0 Å². The summed E-state index contributed by atoms with van der Waals surface area (Å²) in [4.78, 5) is 0. The average Bonchev–Trinajstić information content (AvgIpc) is 2.98. The summed E-state index contributed by atoms with van der Waals surface area (Å²) < 4.78 is 25.8. The van der Waals surface area contributed by atoms with Crippen LogP contribution in [0.1, 0.15) is 41.5 Å². The Balaban J connectivity index is 1.77. The van der Waals surface area contributed by atoms with Crippen LogP contribution < -0.4 is 9.55 Å². The molecule has 0 aromatic carbocycles. The molecule has 1 aromatic heterocycles. The van der Waals surface area contributed by atoms with Gasteiger partial charge < -0.3 is 18.6 Å². The lowest BCUT2D eigenvalue weighted by atomic mass is 9.86. The molecular formula is C15H22B2O4S. The van der Waals surface area contributed by atoms with Gasteiger partial charge in [0.05, 0.1) is 17.0 Å². The van der Waals surface area contributed by atoms with Crippen molar-refractivity contribution in [3.63, 3.8) is 0 Å². The predicted octanol–water partition coefficient (Wildman–Crippen LogP) is 2.08. The number of hydrogen-bond acceptors (Lipinski definition) is 5. The number of rotatable bonds is 2. The molecule has 2 aliphatic heterocycles. The standard InChI is InChI=1S/C15H22B2O4S/c1-10-13(2,3)19-16(18-10)11-8-9-12(22-11)17-20-14(4,5)15(6,7)21-17/h8-9H,1H2,2-7H3. The van der Waals surface area contributed by atoms with E-state index in [0.717, 1.165) is 9.55 Å². The molecule has 0 bridgehead atoms. The summed E-state index contributed by atoms with van der Waals surface area (Å²) in [5.41, 5.74) is -1.13. The molecule has 7 heteroatoms. The number of thiophene rings is 1. The van der Waals surface area contributed by atoms with Crippen LogP contribution in [0.3, 0.4) is 0 Å². The Bertz CT molecular complexity index is 592. The van der Waals surface area contributed by atoms with Crippen molar-refractivity contribution in [1.82, 2.24) is 0 Å². The van der Waals surface area contributed by atoms with Gasteiger partial charge in [-0.15, -0.1) is 0 Å². The first-order chi connectivity index (χ1) is 10.0. The smallest absolute Gasteiger partial charge is 0.533 e. The second-order valence-electron chi connectivity index (χ2n) is 7.33. The summed E-state index contributed by atoms with van der Waals surface area (Å²) in [7, 11) is -0.745. The molecule has 0 amide bonds. The minimum absolute atomic E-state index is 0.335. The minimum Gasteiger partial charge on any atom is -0.533 e. The third-order valence-electron chi connectivity index (χ3n) is 4.69. The first-order valence-corrected chi connectivity index (χ1v) is 8.33. The summed E-state index contributed by atoms with van der Waals surface area (Å²) in [6.07, 6.45) is 0. The fourth-order valence-corrected chi connectivity index (χ4v) is 3.25. The van der Waals surface area contributed by atoms with Gasteiger partial charge >= 0.3 is 14.2 Å². The highest BCUT2D eigenvalue weighted by Crippen LogP contribution is 2.37. The predicted molar refractivity (Wildman–Crippen MR) is 90.8 cm³/mol. The van der Waals surface area contributed by atoms with Crippen LogP contribution in [-0.4, -0.2) is 31.0 Å². The molecule has 1 aromatic rings. The Morgan fingerprint density at radius 1 is 0.864 bits per heavy atom. The lowest BCUT2D eigenvalue weighted by Gasteiger charge is -2.32. The summed E-state index contributed by atoms with van der Waals surface area (Å²) in [6.45, 7) is 16.0. The molecule has 3 rings (SSSR count). The van der Waals surface area contributed by atoms with Gasteiger partial charge in [-0.3, -0.25) is 0 Å². The summed E-state index contributed by atoms with van der Waals surface area (Å²) in [5, 5.41) is 0. The van der Waals surface area contributed by atoms with Crippen LogP contribution in [0.2, 0.25) is 0 Å². The van der Waals surface area contributed by atoms with Gasteiger partial charge in [-0.05, 0) is 41.5 Å². The van der Waals surface area contributed by atoms with E-state index in [1.54, 1.807) is 11.3 Å². The summed E-state index contributed by atoms with van der Waals surface area (Å²) in [6, 6.07) is 4.02. The van der Waals surface area contributed by atoms with E-state index in [4.69, 9.17) is 18.6 Å². The lowest BCUT2D eigenvalue weighted by molar-refractivity contribution is 0.00578. The van der Waals surface area contributed by atoms with Crippen LogP contribution in [0.4, 0.5) is 0 Å². The van der Waals surface area contributed by atoms with Crippen LogP contribution in [0.25, 0.3) is 0 Å². The molecule has 0 saturated carbocycles.